The van der Waals surface area contributed by atoms with E-state index in [0.717, 1.165) is 24.3 Å². The quantitative estimate of drug-likeness (QED) is 0.759. The van der Waals surface area contributed by atoms with Gasteiger partial charge in [-0.15, -0.1) is 0 Å². The van der Waals surface area contributed by atoms with Gasteiger partial charge in [-0.3, -0.25) is 4.79 Å². The van der Waals surface area contributed by atoms with Crippen LogP contribution in [-0.2, 0) is 6.42 Å². The van der Waals surface area contributed by atoms with Crippen molar-refractivity contribution < 1.29 is 14.3 Å². The van der Waals surface area contributed by atoms with Crippen molar-refractivity contribution in [3.05, 3.63) is 59.7 Å². The van der Waals surface area contributed by atoms with Gasteiger partial charge < -0.3 is 14.8 Å². The van der Waals surface area contributed by atoms with Crippen LogP contribution in [0.4, 0.5) is 0 Å². The Bertz CT molecular complexity index is 606. The van der Waals surface area contributed by atoms with Crippen molar-refractivity contribution in [2.24, 2.45) is 0 Å². The Morgan fingerprint density at radius 3 is 2.26 bits per heavy atom. The molecule has 23 heavy (non-hydrogen) atoms. The summed E-state index contributed by atoms with van der Waals surface area (Å²) >= 11 is 0. The molecule has 2 rings (SSSR count). The van der Waals surface area contributed by atoms with E-state index < -0.39 is 0 Å². The maximum atomic E-state index is 12.0. The Morgan fingerprint density at radius 1 is 1.00 bits per heavy atom. The number of hydrogen-bond donors (Lipinski definition) is 1. The van der Waals surface area contributed by atoms with Crippen LogP contribution in [0.2, 0.25) is 0 Å². The van der Waals surface area contributed by atoms with Crippen LogP contribution in [0, 0.1) is 0 Å². The average Bonchev–Trinajstić information content (AvgIpc) is 2.60. The van der Waals surface area contributed by atoms with Crippen molar-refractivity contribution in [2.75, 3.05) is 20.3 Å². The first kappa shape index (κ1) is 16.9. The molecule has 0 atom stereocenters. The summed E-state index contributed by atoms with van der Waals surface area (Å²) in [5, 5.41) is 2.94. The number of methoxy groups -OCH3 is 1. The van der Waals surface area contributed by atoms with Gasteiger partial charge >= 0.3 is 0 Å². The number of aryl methyl sites for hydroxylation is 1. The van der Waals surface area contributed by atoms with Gasteiger partial charge in [0, 0.05) is 12.1 Å². The fourth-order valence-electron chi connectivity index (χ4n) is 2.26. The highest BCUT2D eigenvalue weighted by atomic mass is 16.5. The third kappa shape index (κ3) is 5.33. The van der Waals surface area contributed by atoms with Crippen molar-refractivity contribution in [1.29, 1.82) is 0 Å². The van der Waals surface area contributed by atoms with Crippen LogP contribution < -0.4 is 14.8 Å². The fraction of sp³-hybridized carbons (Fsp3) is 0.316. The molecular weight excluding hydrogens is 290 g/mol. The number of rotatable bonds is 8. The highest BCUT2D eigenvalue weighted by molar-refractivity contribution is 5.94. The lowest BCUT2D eigenvalue weighted by Crippen LogP contribution is -2.24. The molecule has 0 fully saturated rings. The Balaban J connectivity index is 1.73. The minimum Gasteiger partial charge on any atom is -0.497 e. The number of carbonyl (C=O) groups excluding carboxylic acids is 1. The zero-order chi connectivity index (χ0) is 16.5. The molecule has 0 aliphatic carbocycles. The molecule has 4 nitrogen and oxygen atoms in total. The Morgan fingerprint density at radius 2 is 1.65 bits per heavy atom. The first-order chi connectivity index (χ1) is 11.2. The van der Waals surface area contributed by atoms with E-state index in [2.05, 4.69) is 5.32 Å². The number of nitrogens with one attached hydrogen (secondary N) is 1. The van der Waals surface area contributed by atoms with Crippen LogP contribution in [0.15, 0.2) is 48.5 Å². The van der Waals surface area contributed by atoms with E-state index in [9.17, 15) is 4.79 Å². The van der Waals surface area contributed by atoms with Gasteiger partial charge in [-0.25, -0.2) is 0 Å². The topological polar surface area (TPSA) is 47.6 Å². The highest BCUT2D eigenvalue weighted by Gasteiger charge is 2.05. The number of amides is 1. The van der Waals surface area contributed by atoms with E-state index in [-0.39, 0.29) is 5.91 Å². The van der Waals surface area contributed by atoms with Gasteiger partial charge in [0.2, 0.25) is 0 Å². The van der Waals surface area contributed by atoms with Gasteiger partial charge in [-0.2, -0.15) is 0 Å². The maximum Gasteiger partial charge on any atom is 0.251 e. The molecule has 0 radical (unpaired) electrons. The highest BCUT2D eigenvalue weighted by Crippen LogP contribution is 2.13. The number of hydrogen-bond acceptors (Lipinski definition) is 3. The SMILES string of the molecule is CCOc1ccc(C(=O)NCCCc2ccc(OC)cc2)cc1. The van der Waals surface area contributed by atoms with Crippen LogP contribution in [0.3, 0.4) is 0 Å². The zero-order valence-corrected chi connectivity index (χ0v) is 13.7. The minimum atomic E-state index is -0.0530. The number of carbonyl (C=O) groups is 1. The number of benzene rings is 2. The Hall–Kier alpha value is -2.49. The zero-order valence-electron chi connectivity index (χ0n) is 13.7. The molecule has 2 aromatic rings. The molecule has 0 aliphatic rings. The predicted molar refractivity (Wildman–Crippen MR) is 91.3 cm³/mol. The second kappa shape index (κ2) is 8.83. The molecule has 0 spiro atoms. The van der Waals surface area contributed by atoms with E-state index in [1.807, 2.05) is 43.3 Å². The molecule has 2 aromatic carbocycles. The second-order valence-electron chi connectivity index (χ2n) is 5.16. The van der Waals surface area contributed by atoms with E-state index in [0.29, 0.717) is 18.7 Å². The van der Waals surface area contributed by atoms with E-state index >= 15 is 0 Å². The fourth-order valence-corrected chi connectivity index (χ4v) is 2.26. The third-order valence-electron chi connectivity index (χ3n) is 3.51. The van der Waals surface area contributed by atoms with E-state index in [1.54, 1.807) is 19.2 Å². The van der Waals surface area contributed by atoms with Crippen molar-refractivity contribution >= 4 is 5.91 Å². The first-order valence-corrected chi connectivity index (χ1v) is 7.87. The van der Waals surface area contributed by atoms with Gasteiger partial charge in [0.05, 0.1) is 13.7 Å². The molecule has 0 unspecified atom stereocenters. The largest absolute Gasteiger partial charge is 0.497 e. The molecule has 0 aliphatic heterocycles. The summed E-state index contributed by atoms with van der Waals surface area (Å²) in [5.74, 6) is 1.59. The predicted octanol–water partition coefficient (Wildman–Crippen LogP) is 3.46. The van der Waals surface area contributed by atoms with Crippen LogP contribution in [0.1, 0.15) is 29.3 Å². The lowest BCUT2D eigenvalue weighted by molar-refractivity contribution is 0.0953. The summed E-state index contributed by atoms with van der Waals surface area (Å²) in [6.45, 7) is 3.21. The van der Waals surface area contributed by atoms with Gasteiger partial charge in [-0.05, 0) is 61.7 Å². The summed E-state index contributed by atoms with van der Waals surface area (Å²) in [5.41, 5.74) is 1.89. The van der Waals surface area contributed by atoms with Crippen LogP contribution in [0.5, 0.6) is 11.5 Å². The molecule has 0 saturated carbocycles. The Labute approximate surface area is 137 Å². The minimum absolute atomic E-state index is 0.0530. The monoisotopic (exact) mass is 313 g/mol. The summed E-state index contributed by atoms with van der Waals surface area (Å²) in [6, 6.07) is 15.2. The maximum absolute atomic E-state index is 12.0. The smallest absolute Gasteiger partial charge is 0.251 e. The van der Waals surface area contributed by atoms with Crippen molar-refractivity contribution in [2.45, 2.75) is 19.8 Å². The number of ether oxygens (including phenoxy) is 2. The normalized spacial score (nSPS) is 10.2. The van der Waals surface area contributed by atoms with E-state index in [4.69, 9.17) is 9.47 Å². The van der Waals surface area contributed by atoms with Crippen LogP contribution in [-0.4, -0.2) is 26.2 Å². The summed E-state index contributed by atoms with van der Waals surface area (Å²) in [6.07, 6.45) is 1.82. The van der Waals surface area contributed by atoms with Gasteiger partial charge in [0.1, 0.15) is 11.5 Å². The molecule has 4 heteroatoms. The van der Waals surface area contributed by atoms with Gasteiger partial charge in [-0.1, -0.05) is 12.1 Å². The molecule has 122 valence electrons. The molecule has 0 heterocycles. The summed E-state index contributed by atoms with van der Waals surface area (Å²) < 4.78 is 10.5. The standard InChI is InChI=1S/C19H23NO3/c1-3-23-18-12-8-16(9-13-18)19(21)20-14-4-5-15-6-10-17(22-2)11-7-15/h6-13H,3-5,14H2,1-2H3,(H,20,21). The van der Waals surface area contributed by atoms with Crippen LogP contribution in [0.25, 0.3) is 0 Å². The molecule has 0 aromatic heterocycles. The molecule has 0 bridgehead atoms. The Kier molecular flexibility index (Phi) is 6.48. The second-order valence-corrected chi connectivity index (χ2v) is 5.16. The molecular formula is C19H23NO3. The molecule has 0 saturated heterocycles. The first-order valence-electron chi connectivity index (χ1n) is 7.87. The lowest BCUT2D eigenvalue weighted by Gasteiger charge is -2.07. The summed E-state index contributed by atoms with van der Waals surface area (Å²) in [7, 11) is 1.66. The average molecular weight is 313 g/mol. The summed E-state index contributed by atoms with van der Waals surface area (Å²) in [4.78, 5) is 12.0. The third-order valence-corrected chi connectivity index (χ3v) is 3.51. The lowest BCUT2D eigenvalue weighted by atomic mass is 10.1. The van der Waals surface area contributed by atoms with Gasteiger partial charge in [0.15, 0.2) is 0 Å². The molecule has 1 N–H and O–H groups in total. The van der Waals surface area contributed by atoms with Gasteiger partial charge in [0.25, 0.3) is 5.91 Å². The van der Waals surface area contributed by atoms with Crippen molar-refractivity contribution in [3.63, 3.8) is 0 Å². The van der Waals surface area contributed by atoms with Crippen molar-refractivity contribution in [1.82, 2.24) is 5.32 Å². The van der Waals surface area contributed by atoms with Crippen LogP contribution >= 0.6 is 0 Å². The van der Waals surface area contributed by atoms with Crippen molar-refractivity contribution in [3.8, 4) is 11.5 Å². The molecule has 1 amide bonds. The van der Waals surface area contributed by atoms with E-state index in [1.165, 1.54) is 5.56 Å².